The molecule has 92 valence electrons. The average Bonchev–Trinajstić information content (AvgIpc) is 2.73. The van der Waals surface area contributed by atoms with Crippen LogP contribution in [-0.2, 0) is 9.53 Å². The van der Waals surface area contributed by atoms with Crippen molar-refractivity contribution in [3.05, 3.63) is 0 Å². The van der Waals surface area contributed by atoms with Gasteiger partial charge in [0.05, 0.1) is 6.10 Å². The first-order chi connectivity index (χ1) is 7.75. The Balaban J connectivity index is 1.85. The molecule has 0 radical (unpaired) electrons. The van der Waals surface area contributed by atoms with Crippen LogP contribution < -0.4 is 0 Å². The minimum absolute atomic E-state index is 0.323. The first-order valence-corrected chi connectivity index (χ1v) is 6.61. The maximum atomic E-state index is 11.2. The van der Waals surface area contributed by atoms with Gasteiger partial charge in [-0.15, -0.1) is 0 Å². The van der Waals surface area contributed by atoms with E-state index in [1.54, 1.807) is 6.92 Å². The fourth-order valence-corrected chi connectivity index (χ4v) is 2.91. The molecule has 2 heterocycles. The van der Waals surface area contributed by atoms with E-state index in [0.717, 1.165) is 26.1 Å². The zero-order valence-corrected chi connectivity index (χ0v) is 10.3. The number of hydrogen-bond donors (Lipinski definition) is 0. The van der Waals surface area contributed by atoms with Crippen LogP contribution in [0.4, 0.5) is 0 Å². The van der Waals surface area contributed by atoms with E-state index in [9.17, 15) is 4.79 Å². The summed E-state index contributed by atoms with van der Waals surface area (Å²) in [6, 6.07) is 0.482. The second-order valence-corrected chi connectivity index (χ2v) is 5.19. The molecule has 0 aromatic heterocycles. The molecule has 0 spiro atoms. The van der Waals surface area contributed by atoms with Crippen LogP contribution in [0.3, 0.4) is 0 Å². The molecule has 0 amide bonds. The molecular weight excluding hydrogens is 202 g/mol. The summed E-state index contributed by atoms with van der Waals surface area (Å²) in [5.41, 5.74) is 0. The summed E-state index contributed by atoms with van der Waals surface area (Å²) in [4.78, 5) is 13.7. The van der Waals surface area contributed by atoms with Gasteiger partial charge in [0.25, 0.3) is 0 Å². The highest BCUT2D eigenvalue weighted by Gasteiger charge is 2.27. The number of carbonyl (C=O) groups excluding carboxylic acids is 1. The maximum absolute atomic E-state index is 11.2. The van der Waals surface area contributed by atoms with E-state index in [0.29, 0.717) is 17.9 Å². The lowest BCUT2D eigenvalue weighted by atomic mass is 9.97. The maximum Gasteiger partial charge on any atom is 0.131 e. The molecule has 2 fully saturated rings. The normalized spacial score (nSPS) is 31.8. The SMILES string of the molecule is CC(=O)CC1CCCCN1CC1CCCO1. The first kappa shape index (κ1) is 12.1. The predicted molar refractivity (Wildman–Crippen MR) is 63.5 cm³/mol. The van der Waals surface area contributed by atoms with Crippen molar-refractivity contribution in [1.29, 1.82) is 0 Å². The number of hydrogen-bond acceptors (Lipinski definition) is 3. The second-order valence-electron chi connectivity index (χ2n) is 5.19. The Hall–Kier alpha value is -0.410. The number of Topliss-reactive ketones (excluding diaryl/α,β-unsaturated/α-hetero) is 1. The lowest BCUT2D eigenvalue weighted by molar-refractivity contribution is -0.118. The van der Waals surface area contributed by atoms with Crippen molar-refractivity contribution < 1.29 is 9.53 Å². The van der Waals surface area contributed by atoms with Crippen molar-refractivity contribution in [2.24, 2.45) is 0 Å². The number of nitrogens with zero attached hydrogens (tertiary/aromatic N) is 1. The number of likely N-dealkylation sites (tertiary alicyclic amines) is 1. The molecule has 2 atom stereocenters. The first-order valence-electron chi connectivity index (χ1n) is 6.61. The molecule has 0 saturated carbocycles. The Bertz CT molecular complexity index is 236. The summed E-state index contributed by atoms with van der Waals surface area (Å²) in [6.45, 7) is 4.82. The van der Waals surface area contributed by atoms with Crippen LogP contribution in [0.15, 0.2) is 0 Å². The van der Waals surface area contributed by atoms with Crippen molar-refractivity contribution in [2.45, 2.75) is 57.6 Å². The highest BCUT2D eigenvalue weighted by Crippen LogP contribution is 2.22. The number of carbonyl (C=O) groups is 1. The van der Waals surface area contributed by atoms with Crippen LogP contribution in [0.25, 0.3) is 0 Å². The van der Waals surface area contributed by atoms with Crippen molar-refractivity contribution >= 4 is 5.78 Å². The quantitative estimate of drug-likeness (QED) is 0.733. The molecule has 2 saturated heterocycles. The van der Waals surface area contributed by atoms with Gasteiger partial charge < -0.3 is 4.74 Å². The van der Waals surface area contributed by atoms with E-state index < -0.39 is 0 Å². The Kier molecular flexibility index (Phi) is 4.36. The Morgan fingerprint density at radius 1 is 1.31 bits per heavy atom. The summed E-state index contributed by atoms with van der Waals surface area (Å²) < 4.78 is 5.68. The van der Waals surface area contributed by atoms with Gasteiger partial charge in [-0.05, 0) is 39.2 Å². The van der Waals surface area contributed by atoms with Crippen LogP contribution in [0, 0.1) is 0 Å². The molecule has 2 aliphatic heterocycles. The molecule has 0 aliphatic carbocycles. The molecule has 0 aromatic rings. The van der Waals surface area contributed by atoms with E-state index in [-0.39, 0.29) is 0 Å². The van der Waals surface area contributed by atoms with Gasteiger partial charge in [-0.2, -0.15) is 0 Å². The van der Waals surface area contributed by atoms with Crippen LogP contribution in [0.2, 0.25) is 0 Å². The van der Waals surface area contributed by atoms with Crippen LogP contribution in [-0.4, -0.2) is 42.5 Å². The average molecular weight is 225 g/mol. The van der Waals surface area contributed by atoms with E-state index in [2.05, 4.69) is 4.90 Å². The fraction of sp³-hybridized carbons (Fsp3) is 0.923. The number of piperidine rings is 1. The van der Waals surface area contributed by atoms with Gasteiger partial charge in [0.1, 0.15) is 5.78 Å². The summed E-state index contributed by atoms with van der Waals surface area (Å²) in [5, 5.41) is 0. The van der Waals surface area contributed by atoms with Gasteiger partial charge in [-0.1, -0.05) is 6.42 Å². The molecule has 16 heavy (non-hydrogen) atoms. The van der Waals surface area contributed by atoms with Crippen LogP contribution in [0.5, 0.6) is 0 Å². The summed E-state index contributed by atoms with van der Waals surface area (Å²) in [6.07, 6.45) is 7.30. The Labute approximate surface area is 98.1 Å². The molecule has 0 bridgehead atoms. The van der Waals surface area contributed by atoms with Gasteiger partial charge in [-0.25, -0.2) is 0 Å². The van der Waals surface area contributed by atoms with Gasteiger partial charge in [-0.3, -0.25) is 9.69 Å². The predicted octanol–water partition coefficient (Wildman–Crippen LogP) is 2.00. The van der Waals surface area contributed by atoms with Gasteiger partial charge in [0, 0.05) is 25.6 Å². The van der Waals surface area contributed by atoms with Gasteiger partial charge in [0.2, 0.25) is 0 Å². The van der Waals surface area contributed by atoms with Crippen LogP contribution >= 0.6 is 0 Å². The minimum atomic E-state index is 0.323. The third-order valence-corrected chi connectivity index (χ3v) is 3.73. The third-order valence-electron chi connectivity index (χ3n) is 3.73. The molecule has 2 rings (SSSR count). The number of rotatable bonds is 4. The van der Waals surface area contributed by atoms with E-state index >= 15 is 0 Å². The van der Waals surface area contributed by atoms with E-state index in [1.165, 1.54) is 32.1 Å². The van der Waals surface area contributed by atoms with Gasteiger partial charge in [0.15, 0.2) is 0 Å². The standard InChI is InChI=1S/C13H23NO2/c1-11(15)9-12-5-2-3-7-14(12)10-13-6-4-8-16-13/h12-13H,2-10H2,1H3. The van der Waals surface area contributed by atoms with Crippen molar-refractivity contribution in [1.82, 2.24) is 4.90 Å². The molecule has 0 N–H and O–H groups in total. The molecule has 0 aromatic carbocycles. The van der Waals surface area contributed by atoms with Crippen molar-refractivity contribution in [2.75, 3.05) is 19.7 Å². The molecule has 2 aliphatic rings. The summed E-state index contributed by atoms with van der Waals surface area (Å²) in [5.74, 6) is 0.323. The van der Waals surface area contributed by atoms with E-state index in [4.69, 9.17) is 4.74 Å². The zero-order valence-electron chi connectivity index (χ0n) is 10.3. The smallest absolute Gasteiger partial charge is 0.131 e. The lowest BCUT2D eigenvalue weighted by Crippen LogP contribution is -2.44. The Morgan fingerprint density at radius 2 is 2.19 bits per heavy atom. The summed E-state index contributed by atoms with van der Waals surface area (Å²) >= 11 is 0. The Morgan fingerprint density at radius 3 is 2.88 bits per heavy atom. The topological polar surface area (TPSA) is 29.5 Å². The van der Waals surface area contributed by atoms with Gasteiger partial charge >= 0.3 is 0 Å². The molecule has 3 heteroatoms. The van der Waals surface area contributed by atoms with Crippen LogP contribution in [0.1, 0.15) is 45.4 Å². The number of ketones is 1. The lowest BCUT2D eigenvalue weighted by Gasteiger charge is -2.36. The number of ether oxygens (including phenoxy) is 1. The van der Waals surface area contributed by atoms with E-state index in [1.807, 2.05) is 0 Å². The second kappa shape index (κ2) is 5.78. The van der Waals surface area contributed by atoms with Crippen molar-refractivity contribution in [3.8, 4) is 0 Å². The molecule has 3 nitrogen and oxygen atoms in total. The zero-order chi connectivity index (χ0) is 11.4. The summed E-state index contributed by atoms with van der Waals surface area (Å²) in [7, 11) is 0. The van der Waals surface area contributed by atoms with Crippen molar-refractivity contribution in [3.63, 3.8) is 0 Å². The highest BCUT2D eigenvalue weighted by atomic mass is 16.5. The molecular formula is C13H23NO2. The highest BCUT2D eigenvalue weighted by molar-refractivity contribution is 5.76. The molecule has 2 unspecified atom stereocenters. The third kappa shape index (κ3) is 3.29. The fourth-order valence-electron chi connectivity index (χ4n) is 2.91. The largest absolute Gasteiger partial charge is 0.377 e. The minimum Gasteiger partial charge on any atom is -0.377 e. The monoisotopic (exact) mass is 225 g/mol.